The molecule has 0 aromatic carbocycles. The molecular formula is C12H25ClN2. The van der Waals surface area contributed by atoms with E-state index < -0.39 is 0 Å². The third-order valence-corrected chi connectivity index (χ3v) is 4.14. The summed E-state index contributed by atoms with van der Waals surface area (Å²) in [7, 11) is 0. The van der Waals surface area contributed by atoms with Crippen molar-refractivity contribution in [3.63, 3.8) is 0 Å². The molecule has 1 fully saturated rings. The zero-order chi connectivity index (χ0) is 11.1. The van der Waals surface area contributed by atoms with Gasteiger partial charge in [-0.2, -0.15) is 0 Å². The van der Waals surface area contributed by atoms with Gasteiger partial charge in [0.15, 0.2) is 0 Å². The summed E-state index contributed by atoms with van der Waals surface area (Å²) in [5, 5.41) is 0. The molecule has 0 radical (unpaired) electrons. The van der Waals surface area contributed by atoms with Gasteiger partial charge in [0, 0.05) is 11.9 Å². The second-order valence-electron chi connectivity index (χ2n) is 4.72. The summed E-state index contributed by atoms with van der Waals surface area (Å²) in [6.07, 6.45) is 9.01. The van der Waals surface area contributed by atoms with Crippen LogP contribution >= 0.6 is 11.6 Å². The second-order valence-corrected chi connectivity index (χ2v) is 5.10. The van der Waals surface area contributed by atoms with Crippen LogP contribution in [0.3, 0.4) is 0 Å². The smallest absolute Gasteiger partial charge is 0.0241 e. The Hall–Kier alpha value is 0.210. The zero-order valence-corrected chi connectivity index (χ0v) is 10.6. The summed E-state index contributed by atoms with van der Waals surface area (Å²) in [4.78, 5) is 0. The molecule has 0 heterocycles. The molecule has 3 N–H and O–H groups in total. The maximum Gasteiger partial charge on any atom is 0.0241 e. The summed E-state index contributed by atoms with van der Waals surface area (Å²) in [6.45, 7) is 2.30. The molecule has 90 valence electrons. The average molecular weight is 233 g/mol. The molecule has 0 amide bonds. The van der Waals surface area contributed by atoms with E-state index in [2.05, 4.69) is 12.3 Å². The average Bonchev–Trinajstić information content (AvgIpc) is 2.30. The largest absolute Gasteiger partial charge is 0.271 e. The monoisotopic (exact) mass is 232 g/mol. The van der Waals surface area contributed by atoms with Crippen molar-refractivity contribution in [2.24, 2.45) is 17.7 Å². The van der Waals surface area contributed by atoms with Crippen molar-refractivity contribution >= 4 is 11.6 Å². The van der Waals surface area contributed by atoms with Crippen LogP contribution in [0.1, 0.15) is 51.9 Å². The Kier molecular flexibility index (Phi) is 6.62. The van der Waals surface area contributed by atoms with Crippen molar-refractivity contribution < 1.29 is 0 Å². The number of nitrogens with one attached hydrogen (secondary N) is 1. The van der Waals surface area contributed by atoms with Crippen LogP contribution in [0.5, 0.6) is 0 Å². The Morgan fingerprint density at radius 3 is 2.73 bits per heavy atom. The van der Waals surface area contributed by atoms with E-state index in [-0.39, 0.29) is 0 Å². The van der Waals surface area contributed by atoms with Crippen molar-refractivity contribution in [3.8, 4) is 0 Å². The third-order valence-electron chi connectivity index (χ3n) is 3.87. The molecule has 0 spiro atoms. The van der Waals surface area contributed by atoms with Gasteiger partial charge in [-0.15, -0.1) is 11.6 Å². The third kappa shape index (κ3) is 3.93. The highest BCUT2D eigenvalue weighted by Gasteiger charge is 2.29. The summed E-state index contributed by atoms with van der Waals surface area (Å²) >= 11 is 5.74. The van der Waals surface area contributed by atoms with E-state index >= 15 is 0 Å². The van der Waals surface area contributed by atoms with E-state index in [1.165, 1.54) is 32.1 Å². The molecule has 3 unspecified atom stereocenters. The number of halogens is 1. The van der Waals surface area contributed by atoms with Crippen LogP contribution in [-0.2, 0) is 0 Å². The van der Waals surface area contributed by atoms with Gasteiger partial charge in [-0.25, -0.2) is 0 Å². The van der Waals surface area contributed by atoms with Crippen LogP contribution in [0.4, 0.5) is 0 Å². The van der Waals surface area contributed by atoms with Crippen molar-refractivity contribution in [1.82, 2.24) is 5.43 Å². The first kappa shape index (κ1) is 13.3. The van der Waals surface area contributed by atoms with E-state index in [9.17, 15) is 0 Å². The van der Waals surface area contributed by atoms with Gasteiger partial charge >= 0.3 is 0 Å². The molecule has 3 heteroatoms. The van der Waals surface area contributed by atoms with E-state index in [0.29, 0.717) is 6.04 Å². The number of hydrazine groups is 1. The first-order valence-corrected chi connectivity index (χ1v) is 6.89. The lowest BCUT2D eigenvalue weighted by molar-refractivity contribution is 0.169. The molecule has 3 atom stereocenters. The van der Waals surface area contributed by atoms with Gasteiger partial charge in [0.25, 0.3) is 0 Å². The van der Waals surface area contributed by atoms with Gasteiger partial charge in [-0.1, -0.05) is 32.6 Å². The molecule has 2 nitrogen and oxygen atoms in total. The SMILES string of the molecule is CCC1CCCCC1C(CCCCl)NN. The van der Waals surface area contributed by atoms with Crippen LogP contribution in [0.15, 0.2) is 0 Å². The van der Waals surface area contributed by atoms with Crippen LogP contribution in [0.2, 0.25) is 0 Å². The van der Waals surface area contributed by atoms with E-state index in [1.54, 1.807) is 0 Å². The Bertz CT molecular complexity index is 164. The number of hydrogen-bond acceptors (Lipinski definition) is 2. The van der Waals surface area contributed by atoms with Crippen molar-refractivity contribution in [2.75, 3.05) is 5.88 Å². The van der Waals surface area contributed by atoms with Gasteiger partial charge in [0.1, 0.15) is 0 Å². The maximum absolute atomic E-state index is 5.74. The van der Waals surface area contributed by atoms with Gasteiger partial charge in [-0.05, 0) is 31.1 Å². The lowest BCUT2D eigenvalue weighted by atomic mass is 9.73. The highest BCUT2D eigenvalue weighted by molar-refractivity contribution is 6.17. The van der Waals surface area contributed by atoms with Crippen molar-refractivity contribution in [2.45, 2.75) is 57.9 Å². The van der Waals surface area contributed by atoms with Crippen LogP contribution in [0, 0.1) is 11.8 Å². The van der Waals surface area contributed by atoms with E-state index in [0.717, 1.165) is 30.6 Å². The van der Waals surface area contributed by atoms with Crippen molar-refractivity contribution in [1.29, 1.82) is 0 Å². The summed E-state index contributed by atoms with van der Waals surface area (Å²) in [5.41, 5.74) is 3.01. The highest BCUT2D eigenvalue weighted by Crippen LogP contribution is 2.35. The lowest BCUT2D eigenvalue weighted by Crippen LogP contribution is -2.44. The number of rotatable bonds is 6. The summed E-state index contributed by atoms with van der Waals surface area (Å²) in [5.74, 6) is 8.07. The fourth-order valence-electron chi connectivity index (χ4n) is 2.99. The molecule has 1 aliphatic rings. The normalized spacial score (nSPS) is 29.0. The zero-order valence-electron chi connectivity index (χ0n) is 9.84. The fourth-order valence-corrected chi connectivity index (χ4v) is 3.15. The number of nitrogens with two attached hydrogens (primary N) is 1. The lowest BCUT2D eigenvalue weighted by Gasteiger charge is -2.36. The second kappa shape index (κ2) is 7.48. The minimum Gasteiger partial charge on any atom is -0.271 e. The predicted molar refractivity (Wildman–Crippen MR) is 66.8 cm³/mol. The molecule has 0 aromatic rings. The molecule has 0 bridgehead atoms. The van der Waals surface area contributed by atoms with Crippen LogP contribution < -0.4 is 11.3 Å². The van der Waals surface area contributed by atoms with Gasteiger partial charge in [0.05, 0.1) is 0 Å². The van der Waals surface area contributed by atoms with Crippen LogP contribution in [0.25, 0.3) is 0 Å². The molecule has 1 aliphatic carbocycles. The molecule has 0 saturated heterocycles. The first-order chi connectivity index (χ1) is 7.33. The topological polar surface area (TPSA) is 38.0 Å². The number of hydrogen-bond donors (Lipinski definition) is 2. The van der Waals surface area contributed by atoms with Gasteiger partial charge < -0.3 is 0 Å². The fraction of sp³-hybridized carbons (Fsp3) is 1.00. The maximum atomic E-state index is 5.74. The standard InChI is InChI=1S/C12H25ClN2/c1-2-10-6-3-4-7-11(10)12(15-14)8-5-9-13/h10-12,15H,2-9,14H2,1H3. The molecule has 0 aliphatic heterocycles. The molecule has 0 aromatic heterocycles. The minimum absolute atomic E-state index is 0.481. The quantitative estimate of drug-likeness (QED) is 0.420. The van der Waals surface area contributed by atoms with E-state index in [4.69, 9.17) is 17.4 Å². The van der Waals surface area contributed by atoms with Crippen LogP contribution in [-0.4, -0.2) is 11.9 Å². The van der Waals surface area contributed by atoms with Gasteiger partial charge in [-0.3, -0.25) is 11.3 Å². The first-order valence-electron chi connectivity index (χ1n) is 6.35. The Labute approximate surface area is 98.9 Å². The van der Waals surface area contributed by atoms with E-state index in [1.807, 2.05) is 0 Å². The number of alkyl halides is 1. The molecule has 1 rings (SSSR count). The van der Waals surface area contributed by atoms with Gasteiger partial charge in [0.2, 0.25) is 0 Å². The molecular weight excluding hydrogens is 208 g/mol. The highest BCUT2D eigenvalue weighted by atomic mass is 35.5. The minimum atomic E-state index is 0.481. The Morgan fingerprint density at radius 1 is 1.40 bits per heavy atom. The Balaban J connectivity index is 2.47. The summed E-state index contributed by atoms with van der Waals surface area (Å²) in [6, 6.07) is 0.481. The molecule has 1 saturated carbocycles. The summed E-state index contributed by atoms with van der Waals surface area (Å²) < 4.78 is 0. The predicted octanol–water partition coefficient (Wildman–Crippen LogP) is 3.05. The Morgan fingerprint density at radius 2 is 2.13 bits per heavy atom. The molecule has 15 heavy (non-hydrogen) atoms. The van der Waals surface area contributed by atoms with Crippen molar-refractivity contribution in [3.05, 3.63) is 0 Å².